The van der Waals surface area contributed by atoms with Crippen molar-refractivity contribution in [2.45, 2.75) is 49.4 Å². The van der Waals surface area contributed by atoms with E-state index in [4.69, 9.17) is 4.74 Å². The molecule has 2 N–H and O–H groups in total. The first kappa shape index (κ1) is 24.9. The number of nitrogens with one attached hydrogen (secondary N) is 2. The smallest absolute Gasteiger partial charge is 0.373 e. The Labute approximate surface area is 186 Å². The third kappa shape index (κ3) is 6.08. The quantitative estimate of drug-likeness (QED) is 0.306. The van der Waals surface area contributed by atoms with Crippen molar-refractivity contribution in [1.29, 1.82) is 0 Å². The van der Waals surface area contributed by atoms with Crippen molar-refractivity contribution < 1.29 is 26.3 Å². The molecule has 13 heteroatoms. The maximum Gasteiger partial charge on any atom is 0.511 e. The Morgan fingerprint density at radius 1 is 1.21 bits per heavy atom. The maximum atomic E-state index is 12.6. The number of halogens is 4. The number of hydrogen-bond donors (Lipinski definition) is 2. The molecule has 8 nitrogen and oxygen atoms in total. The van der Waals surface area contributed by atoms with Crippen LogP contribution in [-0.4, -0.2) is 93.7 Å². The van der Waals surface area contributed by atoms with Crippen molar-refractivity contribution in [3.8, 4) is 0 Å². The Morgan fingerprint density at radius 3 is 2.52 bits per heavy atom. The highest BCUT2D eigenvalue weighted by molar-refractivity contribution is 14.0. The van der Waals surface area contributed by atoms with Crippen LogP contribution in [0.25, 0.3) is 0 Å². The van der Waals surface area contributed by atoms with Crippen molar-refractivity contribution in [2.24, 2.45) is 4.99 Å². The van der Waals surface area contributed by atoms with Gasteiger partial charge in [-0.15, -0.1) is 24.0 Å². The number of guanidine groups is 1. The summed E-state index contributed by atoms with van der Waals surface area (Å²) in [7, 11) is -3.63. The Kier molecular flexibility index (Phi) is 8.83. The number of nitrogens with zero attached hydrogens (tertiary/aromatic N) is 3. The van der Waals surface area contributed by atoms with Gasteiger partial charge in [0.25, 0.3) is 0 Å². The second kappa shape index (κ2) is 10.3. The van der Waals surface area contributed by atoms with E-state index >= 15 is 0 Å². The van der Waals surface area contributed by atoms with Gasteiger partial charge in [-0.3, -0.25) is 9.89 Å². The average molecular weight is 555 g/mol. The van der Waals surface area contributed by atoms with Crippen molar-refractivity contribution in [1.82, 2.24) is 19.8 Å². The van der Waals surface area contributed by atoms with E-state index < -0.39 is 15.5 Å². The zero-order valence-corrected chi connectivity index (χ0v) is 19.5. The van der Waals surface area contributed by atoms with Gasteiger partial charge in [0, 0.05) is 45.3 Å². The Hall–Kier alpha value is -0.380. The fraction of sp³-hybridized carbons (Fsp3) is 0.938. The van der Waals surface area contributed by atoms with Crippen LogP contribution in [0, 0.1) is 0 Å². The molecule has 29 heavy (non-hydrogen) atoms. The van der Waals surface area contributed by atoms with Crippen LogP contribution in [0.1, 0.15) is 25.7 Å². The molecule has 3 aliphatic rings. The summed E-state index contributed by atoms with van der Waals surface area (Å²) in [6, 6.07) is 0.396. The second-order valence-electron chi connectivity index (χ2n) is 7.47. The molecule has 3 saturated heterocycles. The van der Waals surface area contributed by atoms with E-state index in [1.54, 1.807) is 7.05 Å². The number of alkyl halides is 3. The molecule has 0 amide bonds. The highest BCUT2D eigenvalue weighted by Crippen LogP contribution is 2.29. The molecule has 0 aromatic carbocycles. The van der Waals surface area contributed by atoms with Crippen molar-refractivity contribution in [3.63, 3.8) is 0 Å². The highest BCUT2D eigenvalue weighted by atomic mass is 127. The van der Waals surface area contributed by atoms with Gasteiger partial charge in [-0.25, -0.2) is 8.42 Å². The molecule has 0 bridgehead atoms. The van der Waals surface area contributed by atoms with Crippen molar-refractivity contribution in [3.05, 3.63) is 0 Å². The van der Waals surface area contributed by atoms with Gasteiger partial charge in [-0.2, -0.15) is 17.5 Å². The molecule has 3 fully saturated rings. The van der Waals surface area contributed by atoms with Gasteiger partial charge in [0.05, 0.1) is 12.7 Å². The summed E-state index contributed by atoms with van der Waals surface area (Å²) in [5.41, 5.74) is -5.25. The third-order valence-corrected chi connectivity index (χ3v) is 7.24. The van der Waals surface area contributed by atoms with Crippen LogP contribution in [0.15, 0.2) is 4.99 Å². The molecule has 3 heterocycles. The predicted molar refractivity (Wildman–Crippen MR) is 114 cm³/mol. The summed E-state index contributed by atoms with van der Waals surface area (Å²) in [6.07, 6.45) is 3.02. The second-order valence-corrected chi connectivity index (χ2v) is 9.40. The summed E-state index contributed by atoms with van der Waals surface area (Å²) in [5, 5.41) is 6.38. The van der Waals surface area contributed by atoms with E-state index in [-0.39, 0.29) is 62.1 Å². The lowest BCUT2D eigenvalue weighted by atomic mass is 10.1. The first-order valence-electron chi connectivity index (χ1n) is 9.60. The average Bonchev–Trinajstić information content (AvgIpc) is 3.12. The molecule has 3 aliphatic heterocycles. The molecule has 0 aromatic heterocycles. The Bertz CT molecular complexity index is 671. The van der Waals surface area contributed by atoms with Crippen LogP contribution >= 0.6 is 24.0 Å². The van der Waals surface area contributed by atoms with Gasteiger partial charge in [0.15, 0.2) is 5.96 Å². The van der Waals surface area contributed by atoms with Gasteiger partial charge in [-0.05, 0) is 32.2 Å². The van der Waals surface area contributed by atoms with E-state index in [9.17, 15) is 21.6 Å². The molecule has 0 aliphatic carbocycles. The number of hydrogen-bond acceptors (Lipinski definition) is 5. The van der Waals surface area contributed by atoms with E-state index in [0.29, 0.717) is 22.9 Å². The minimum atomic E-state index is -5.25. The van der Waals surface area contributed by atoms with E-state index in [2.05, 4.69) is 20.5 Å². The molecular formula is C16H29F3IN5O3S. The maximum absolute atomic E-state index is 12.6. The van der Waals surface area contributed by atoms with Gasteiger partial charge < -0.3 is 15.4 Å². The number of rotatable bonds is 4. The lowest BCUT2D eigenvalue weighted by Crippen LogP contribution is -2.54. The number of fused-ring (bicyclic) bond motifs is 1. The van der Waals surface area contributed by atoms with Gasteiger partial charge in [-0.1, -0.05) is 0 Å². The summed E-state index contributed by atoms with van der Waals surface area (Å²) in [6.45, 7) is 2.98. The van der Waals surface area contributed by atoms with Crippen LogP contribution < -0.4 is 10.6 Å². The first-order chi connectivity index (χ1) is 13.2. The van der Waals surface area contributed by atoms with Gasteiger partial charge in [0.2, 0.25) is 0 Å². The van der Waals surface area contributed by atoms with Crippen LogP contribution in [0.5, 0.6) is 0 Å². The third-order valence-electron chi connectivity index (χ3n) is 5.61. The first-order valence-corrected chi connectivity index (χ1v) is 11.0. The normalized spacial score (nSPS) is 27.9. The predicted octanol–water partition coefficient (Wildman–Crippen LogP) is 0.947. The summed E-state index contributed by atoms with van der Waals surface area (Å²) in [4.78, 5) is 6.60. The van der Waals surface area contributed by atoms with Crippen LogP contribution in [0.4, 0.5) is 13.2 Å². The minimum absolute atomic E-state index is 0. The Morgan fingerprint density at radius 2 is 1.90 bits per heavy atom. The summed E-state index contributed by atoms with van der Waals surface area (Å²) in [5.74, 6) is 0.546. The van der Waals surface area contributed by atoms with E-state index in [1.165, 1.54) is 12.8 Å². The number of piperidine rings is 1. The molecule has 0 aromatic rings. The molecule has 0 saturated carbocycles. The molecule has 170 valence electrons. The zero-order valence-electron chi connectivity index (χ0n) is 16.3. The minimum Gasteiger partial charge on any atom is -0.373 e. The van der Waals surface area contributed by atoms with Crippen LogP contribution in [-0.2, 0) is 14.8 Å². The van der Waals surface area contributed by atoms with Gasteiger partial charge >= 0.3 is 15.5 Å². The highest BCUT2D eigenvalue weighted by Gasteiger charge is 2.50. The topological polar surface area (TPSA) is 86.3 Å². The summed E-state index contributed by atoms with van der Waals surface area (Å²) < 4.78 is 67.3. The van der Waals surface area contributed by atoms with Crippen molar-refractivity contribution >= 4 is 40.0 Å². The van der Waals surface area contributed by atoms with Crippen molar-refractivity contribution in [2.75, 3.05) is 46.4 Å². The monoisotopic (exact) mass is 555 g/mol. The molecule has 0 spiro atoms. The lowest BCUT2D eigenvalue weighted by Gasteiger charge is -2.36. The van der Waals surface area contributed by atoms with Crippen LogP contribution in [0.3, 0.4) is 0 Å². The number of sulfonamides is 1. The molecule has 3 rings (SSSR count). The van der Waals surface area contributed by atoms with E-state index in [1.807, 2.05) is 0 Å². The molecule has 2 atom stereocenters. The molecule has 2 unspecified atom stereocenters. The standard InChI is InChI=1S/C16H28F3N5O3S.HI/c1-20-15(21-9-14-10-23-6-2-3-13(23)11-27-14)22-12-4-7-24(8-5-12)28(25,26)16(17,18)19;/h12-14H,2-11H2,1H3,(H2,20,21,22);1H. The molecular weight excluding hydrogens is 526 g/mol. The van der Waals surface area contributed by atoms with Crippen LogP contribution in [0.2, 0.25) is 0 Å². The molecule has 0 radical (unpaired) electrons. The SMILES string of the molecule is CN=C(NCC1CN2CCCC2CO1)NC1CCN(S(=O)(=O)C(F)(F)F)CC1.I. The summed E-state index contributed by atoms with van der Waals surface area (Å²) >= 11 is 0. The largest absolute Gasteiger partial charge is 0.511 e. The fourth-order valence-electron chi connectivity index (χ4n) is 3.99. The fourth-order valence-corrected chi connectivity index (χ4v) is 4.98. The van der Waals surface area contributed by atoms with E-state index in [0.717, 1.165) is 19.7 Å². The number of ether oxygens (including phenoxy) is 1. The number of morpholine rings is 1. The zero-order chi connectivity index (χ0) is 20.4. The Balaban J connectivity index is 0.00000300. The number of aliphatic imine (C=N–C) groups is 1. The lowest BCUT2D eigenvalue weighted by molar-refractivity contribution is -0.0494. The van der Waals surface area contributed by atoms with Gasteiger partial charge in [0.1, 0.15) is 0 Å².